The van der Waals surface area contributed by atoms with Gasteiger partial charge >= 0.3 is 6.61 Å². The number of hydrogen-bond acceptors (Lipinski definition) is 1. The highest BCUT2D eigenvalue weighted by Crippen LogP contribution is 2.06. The van der Waals surface area contributed by atoms with Crippen molar-refractivity contribution in [2.75, 3.05) is 6.61 Å². The Hall–Kier alpha value is -0.960. The molecule has 78 valence electrons. The van der Waals surface area contributed by atoms with Crippen molar-refractivity contribution in [2.24, 2.45) is 0 Å². The Morgan fingerprint density at radius 3 is 2.43 bits per heavy atom. The molecule has 0 radical (unpaired) electrons. The first kappa shape index (κ1) is 11.1. The standard InChI is InChI=1S/C11H14F2O/c1-9-4-6-10(7-5-9)3-2-8-14-11(12)13/h4-7,11H,2-3,8H2,1H3. The fourth-order valence-electron chi connectivity index (χ4n) is 1.20. The molecule has 0 aliphatic rings. The van der Waals surface area contributed by atoms with Crippen LogP contribution in [0, 0.1) is 6.92 Å². The smallest absolute Gasteiger partial charge is 0.323 e. The van der Waals surface area contributed by atoms with Crippen LogP contribution in [0.3, 0.4) is 0 Å². The highest BCUT2D eigenvalue weighted by atomic mass is 19.3. The minimum absolute atomic E-state index is 0.117. The van der Waals surface area contributed by atoms with Gasteiger partial charge in [0.1, 0.15) is 0 Å². The molecule has 0 spiro atoms. The summed E-state index contributed by atoms with van der Waals surface area (Å²) >= 11 is 0. The summed E-state index contributed by atoms with van der Waals surface area (Å²) in [6.07, 6.45) is 1.42. The van der Waals surface area contributed by atoms with E-state index in [4.69, 9.17) is 0 Å². The molecule has 1 rings (SSSR count). The molecule has 3 heteroatoms. The predicted molar refractivity (Wildman–Crippen MR) is 51.5 cm³/mol. The Morgan fingerprint density at radius 1 is 1.21 bits per heavy atom. The summed E-state index contributed by atoms with van der Waals surface area (Å²) in [6.45, 7) is -0.511. The summed E-state index contributed by atoms with van der Waals surface area (Å²) in [5.74, 6) is 0. The number of alkyl halides is 2. The molecule has 0 fully saturated rings. The van der Waals surface area contributed by atoms with E-state index in [0.717, 1.165) is 12.0 Å². The zero-order chi connectivity index (χ0) is 10.4. The first-order valence-electron chi connectivity index (χ1n) is 4.64. The molecule has 0 heterocycles. The molecular formula is C11H14F2O. The molecule has 0 bridgehead atoms. The summed E-state index contributed by atoms with van der Waals surface area (Å²) in [6, 6.07) is 8.06. The van der Waals surface area contributed by atoms with Gasteiger partial charge in [0.15, 0.2) is 0 Å². The lowest BCUT2D eigenvalue weighted by atomic mass is 10.1. The molecule has 1 aromatic carbocycles. The third-order valence-corrected chi connectivity index (χ3v) is 1.97. The second-order valence-electron chi connectivity index (χ2n) is 3.22. The van der Waals surface area contributed by atoms with E-state index < -0.39 is 6.61 Å². The van der Waals surface area contributed by atoms with Crippen molar-refractivity contribution in [3.8, 4) is 0 Å². The first-order valence-corrected chi connectivity index (χ1v) is 4.64. The van der Waals surface area contributed by atoms with Gasteiger partial charge in [-0.2, -0.15) is 8.78 Å². The second-order valence-corrected chi connectivity index (χ2v) is 3.22. The van der Waals surface area contributed by atoms with Gasteiger partial charge in [-0.3, -0.25) is 0 Å². The largest absolute Gasteiger partial charge is 0.345 e. The van der Waals surface area contributed by atoms with Gasteiger partial charge in [0.2, 0.25) is 0 Å². The van der Waals surface area contributed by atoms with E-state index in [1.807, 2.05) is 31.2 Å². The number of ether oxygens (including phenoxy) is 1. The third kappa shape index (κ3) is 4.33. The third-order valence-electron chi connectivity index (χ3n) is 1.97. The van der Waals surface area contributed by atoms with Gasteiger partial charge in [-0.05, 0) is 25.3 Å². The molecule has 0 saturated heterocycles. The monoisotopic (exact) mass is 200 g/mol. The Balaban J connectivity index is 2.21. The molecule has 0 N–H and O–H groups in total. The summed E-state index contributed by atoms with van der Waals surface area (Å²) in [5, 5.41) is 0. The molecular weight excluding hydrogens is 186 g/mol. The highest BCUT2D eigenvalue weighted by molar-refractivity contribution is 5.21. The van der Waals surface area contributed by atoms with Gasteiger partial charge in [0.05, 0.1) is 6.61 Å². The van der Waals surface area contributed by atoms with Crippen LogP contribution in [0.15, 0.2) is 24.3 Å². The van der Waals surface area contributed by atoms with Crippen LogP contribution in [0.2, 0.25) is 0 Å². The lowest BCUT2D eigenvalue weighted by molar-refractivity contribution is -0.129. The summed E-state index contributed by atoms with van der Waals surface area (Å²) in [7, 11) is 0. The van der Waals surface area contributed by atoms with Crippen LogP contribution in [0.25, 0.3) is 0 Å². The van der Waals surface area contributed by atoms with Crippen LogP contribution in [-0.2, 0) is 11.2 Å². The number of aryl methyl sites for hydroxylation is 2. The number of rotatable bonds is 5. The summed E-state index contributed by atoms with van der Waals surface area (Å²) < 4.78 is 27.3. The van der Waals surface area contributed by atoms with E-state index in [2.05, 4.69) is 4.74 Å². The van der Waals surface area contributed by atoms with Crippen LogP contribution >= 0.6 is 0 Å². The normalized spacial score (nSPS) is 10.9. The zero-order valence-corrected chi connectivity index (χ0v) is 8.17. The fourth-order valence-corrected chi connectivity index (χ4v) is 1.20. The minimum atomic E-state index is -2.65. The molecule has 0 aliphatic heterocycles. The maximum atomic E-state index is 11.6. The number of benzene rings is 1. The van der Waals surface area contributed by atoms with E-state index in [1.165, 1.54) is 5.56 Å². The van der Waals surface area contributed by atoms with Crippen molar-refractivity contribution in [2.45, 2.75) is 26.4 Å². The lowest BCUT2D eigenvalue weighted by Crippen LogP contribution is -2.01. The molecule has 0 unspecified atom stereocenters. The van der Waals surface area contributed by atoms with E-state index in [0.29, 0.717) is 6.42 Å². The summed E-state index contributed by atoms with van der Waals surface area (Å²) in [4.78, 5) is 0. The average Bonchev–Trinajstić information content (AvgIpc) is 2.15. The van der Waals surface area contributed by atoms with E-state index in [1.54, 1.807) is 0 Å². The SMILES string of the molecule is Cc1ccc(CCCOC(F)F)cc1. The highest BCUT2D eigenvalue weighted by Gasteiger charge is 2.00. The van der Waals surface area contributed by atoms with Gasteiger partial charge < -0.3 is 4.74 Å². The van der Waals surface area contributed by atoms with Crippen molar-refractivity contribution in [3.05, 3.63) is 35.4 Å². The first-order chi connectivity index (χ1) is 6.68. The zero-order valence-electron chi connectivity index (χ0n) is 8.17. The van der Waals surface area contributed by atoms with Crippen molar-refractivity contribution in [3.63, 3.8) is 0 Å². The summed E-state index contributed by atoms with van der Waals surface area (Å²) in [5.41, 5.74) is 2.37. The molecule has 0 aromatic heterocycles. The van der Waals surface area contributed by atoms with E-state index >= 15 is 0 Å². The van der Waals surface area contributed by atoms with Crippen molar-refractivity contribution in [1.29, 1.82) is 0 Å². The van der Waals surface area contributed by atoms with Crippen LogP contribution < -0.4 is 0 Å². The molecule has 1 aromatic rings. The molecule has 14 heavy (non-hydrogen) atoms. The van der Waals surface area contributed by atoms with Crippen molar-refractivity contribution < 1.29 is 13.5 Å². The minimum Gasteiger partial charge on any atom is -0.323 e. The Bertz CT molecular complexity index is 256. The number of hydrogen-bond donors (Lipinski definition) is 0. The Labute approximate surface area is 82.7 Å². The predicted octanol–water partition coefficient (Wildman–Crippen LogP) is 3.17. The van der Waals surface area contributed by atoms with Gasteiger partial charge in [-0.15, -0.1) is 0 Å². The van der Waals surface area contributed by atoms with Crippen LogP contribution in [0.4, 0.5) is 8.78 Å². The maximum absolute atomic E-state index is 11.6. The van der Waals surface area contributed by atoms with Crippen LogP contribution in [0.1, 0.15) is 17.5 Å². The average molecular weight is 200 g/mol. The van der Waals surface area contributed by atoms with E-state index in [-0.39, 0.29) is 6.61 Å². The Morgan fingerprint density at radius 2 is 1.86 bits per heavy atom. The van der Waals surface area contributed by atoms with Crippen molar-refractivity contribution >= 4 is 0 Å². The van der Waals surface area contributed by atoms with E-state index in [9.17, 15) is 8.78 Å². The molecule has 0 atom stereocenters. The van der Waals surface area contributed by atoms with Gasteiger partial charge in [0.25, 0.3) is 0 Å². The van der Waals surface area contributed by atoms with Crippen LogP contribution in [-0.4, -0.2) is 13.2 Å². The van der Waals surface area contributed by atoms with Gasteiger partial charge in [-0.1, -0.05) is 29.8 Å². The number of halogens is 2. The molecule has 1 nitrogen and oxygen atoms in total. The van der Waals surface area contributed by atoms with Crippen molar-refractivity contribution in [1.82, 2.24) is 0 Å². The fraction of sp³-hybridized carbons (Fsp3) is 0.455. The molecule has 0 aliphatic carbocycles. The second kappa shape index (κ2) is 5.70. The quantitative estimate of drug-likeness (QED) is 0.663. The molecule has 0 amide bonds. The topological polar surface area (TPSA) is 9.23 Å². The Kier molecular flexibility index (Phi) is 4.53. The van der Waals surface area contributed by atoms with Crippen LogP contribution in [0.5, 0.6) is 0 Å². The molecule has 0 saturated carbocycles. The van der Waals surface area contributed by atoms with Gasteiger partial charge in [-0.25, -0.2) is 0 Å². The van der Waals surface area contributed by atoms with Gasteiger partial charge in [0, 0.05) is 0 Å². The lowest BCUT2D eigenvalue weighted by Gasteiger charge is -2.03. The maximum Gasteiger partial charge on any atom is 0.345 e.